The first-order valence-electron chi connectivity index (χ1n) is 5.90. The van der Waals surface area contributed by atoms with Gasteiger partial charge in [-0.2, -0.15) is 5.26 Å². The molecular weight excluding hydrogens is 262 g/mol. The van der Waals surface area contributed by atoms with Crippen molar-refractivity contribution in [1.82, 2.24) is 5.32 Å². The second kappa shape index (κ2) is 7.11. The predicted octanol–water partition coefficient (Wildman–Crippen LogP) is 0.824. The molecule has 1 aromatic rings. The Balaban J connectivity index is 2.75. The summed E-state index contributed by atoms with van der Waals surface area (Å²) in [5.41, 5.74) is 1.55. The number of carboxylic acid groups (broad SMARTS) is 1. The molecule has 7 heteroatoms. The number of carbonyl (C=O) groups excluding carboxylic acids is 1. The lowest BCUT2D eigenvalue weighted by atomic mass is 10.1. The Kier molecular flexibility index (Phi) is 5.50. The summed E-state index contributed by atoms with van der Waals surface area (Å²) >= 11 is 0. The zero-order valence-corrected chi connectivity index (χ0v) is 10.9. The maximum Gasteiger partial charge on any atom is 0.326 e. The smallest absolute Gasteiger partial charge is 0.326 e. The second-order valence-corrected chi connectivity index (χ2v) is 4.14. The molecule has 0 saturated heterocycles. The lowest BCUT2D eigenvalue weighted by Crippen LogP contribution is -2.43. The molecule has 0 spiro atoms. The number of amides is 2. The number of urea groups is 1. The van der Waals surface area contributed by atoms with Crippen LogP contribution in [0.3, 0.4) is 0 Å². The Morgan fingerprint density at radius 3 is 2.70 bits per heavy atom. The van der Waals surface area contributed by atoms with Crippen molar-refractivity contribution in [1.29, 1.82) is 5.26 Å². The lowest BCUT2D eigenvalue weighted by Gasteiger charge is -2.15. The van der Waals surface area contributed by atoms with Crippen molar-refractivity contribution in [2.45, 2.75) is 19.4 Å². The molecule has 0 aromatic heterocycles. The van der Waals surface area contributed by atoms with Gasteiger partial charge in [-0.25, -0.2) is 9.59 Å². The second-order valence-electron chi connectivity index (χ2n) is 4.14. The van der Waals surface area contributed by atoms with E-state index in [1.807, 2.05) is 6.07 Å². The fraction of sp³-hybridized carbons (Fsp3) is 0.308. The Morgan fingerprint density at radius 2 is 2.15 bits per heavy atom. The molecule has 0 radical (unpaired) electrons. The summed E-state index contributed by atoms with van der Waals surface area (Å²) in [5.74, 6) is -1.23. The van der Waals surface area contributed by atoms with Gasteiger partial charge in [0.2, 0.25) is 0 Å². The summed E-state index contributed by atoms with van der Waals surface area (Å²) < 4.78 is 0. The zero-order chi connectivity index (χ0) is 15.1. The van der Waals surface area contributed by atoms with E-state index in [0.717, 1.165) is 5.56 Å². The molecule has 1 atom stereocenters. The highest BCUT2D eigenvalue weighted by atomic mass is 16.4. The number of rotatable bonds is 5. The van der Waals surface area contributed by atoms with Gasteiger partial charge >= 0.3 is 12.0 Å². The Morgan fingerprint density at radius 1 is 1.45 bits per heavy atom. The number of carboxylic acids is 1. The fourth-order valence-corrected chi connectivity index (χ4v) is 1.53. The molecule has 20 heavy (non-hydrogen) atoms. The molecule has 1 aromatic carbocycles. The van der Waals surface area contributed by atoms with Gasteiger partial charge < -0.3 is 20.8 Å². The van der Waals surface area contributed by atoms with Gasteiger partial charge in [0.05, 0.1) is 11.6 Å². The van der Waals surface area contributed by atoms with Crippen LogP contribution in [0.1, 0.15) is 17.5 Å². The van der Waals surface area contributed by atoms with Gasteiger partial charge in [0.25, 0.3) is 0 Å². The van der Waals surface area contributed by atoms with Crippen molar-refractivity contribution < 1.29 is 19.8 Å². The van der Waals surface area contributed by atoms with E-state index in [4.69, 9.17) is 15.5 Å². The number of nitriles is 1. The van der Waals surface area contributed by atoms with Crippen LogP contribution in [0, 0.1) is 18.3 Å². The minimum Gasteiger partial charge on any atom is -0.480 e. The van der Waals surface area contributed by atoms with E-state index in [2.05, 4.69) is 10.6 Å². The number of aliphatic hydroxyl groups is 1. The number of anilines is 1. The van der Waals surface area contributed by atoms with Gasteiger partial charge in [0, 0.05) is 18.7 Å². The van der Waals surface area contributed by atoms with Crippen LogP contribution < -0.4 is 10.6 Å². The third kappa shape index (κ3) is 4.26. The molecule has 106 valence electrons. The van der Waals surface area contributed by atoms with E-state index < -0.39 is 18.0 Å². The van der Waals surface area contributed by atoms with Gasteiger partial charge in [-0.3, -0.25) is 0 Å². The topological polar surface area (TPSA) is 122 Å². The van der Waals surface area contributed by atoms with E-state index in [1.165, 1.54) is 6.07 Å². The maximum atomic E-state index is 11.7. The number of carbonyl (C=O) groups is 2. The van der Waals surface area contributed by atoms with Crippen LogP contribution in [-0.4, -0.2) is 34.9 Å². The van der Waals surface area contributed by atoms with Crippen molar-refractivity contribution in [3.63, 3.8) is 0 Å². The molecule has 7 nitrogen and oxygen atoms in total. The van der Waals surface area contributed by atoms with Crippen molar-refractivity contribution >= 4 is 17.7 Å². The van der Waals surface area contributed by atoms with Crippen molar-refractivity contribution in [3.8, 4) is 6.07 Å². The largest absolute Gasteiger partial charge is 0.480 e. The van der Waals surface area contributed by atoms with E-state index in [0.29, 0.717) is 11.3 Å². The first-order valence-corrected chi connectivity index (χ1v) is 5.90. The highest BCUT2D eigenvalue weighted by Gasteiger charge is 2.19. The third-order valence-electron chi connectivity index (χ3n) is 2.64. The number of hydrogen-bond donors (Lipinski definition) is 4. The molecule has 1 rings (SSSR count). The molecule has 0 aliphatic heterocycles. The molecular formula is C13H15N3O4. The van der Waals surface area contributed by atoms with Crippen LogP contribution in [0.5, 0.6) is 0 Å². The molecule has 0 aliphatic rings. The van der Waals surface area contributed by atoms with Gasteiger partial charge in [0.1, 0.15) is 6.04 Å². The average Bonchev–Trinajstić information content (AvgIpc) is 2.40. The monoisotopic (exact) mass is 277 g/mol. The van der Waals surface area contributed by atoms with Crippen LogP contribution >= 0.6 is 0 Å². The van der Waals surface area contributed by atoms with Gasteiger partial charge in [-0.1, -0.05) is 6.07 Å². The van der Waals surface area contributed by atoms with Crippen molar-refractivity contribution in [3.05, 3.63) is 29.3 Å². The van der Waals surface area contributed by atoms with Gasteiger partial charge in [-0.05, 0) is 24.6 Å². The molecule has 0 saturated carbocycles. The molecule has 0 fully saturated rings. The van der Waals surface area contributed by atoms with Gasteiger partial charge in [-0.15, -0.1) is 0 Å². The standard InChI is InChI=1S/C13H15N3O4/c1-8-2-3-9(7-14)6-11(8)16-13(20)15-10(4-5-17)12(18)19/h2-3,6,10,17H,4-5H2,1H3,(H,18,19)(H2,15,16,20)/t10-/m1/s1. The normalized spacial score (nSPS) is 11.2. The highest BCUT2D eigenvalue weighted by Crippen LogP contribution is 2.16. The summed E-state index contributed by atoms with van der Waals surface area (Å²) in [7, 11) is 0. The predicted molar refractivity (Wildman–Crippen MR) is 71.2 cm³/mol. The quantitative estimate of drug-likeness (QED) is 0.634. The van der Waals surface area contributed by atoms with Crippen LogP contribution in [-0.2, 0) is 4.79 Å². The molecule has 4 N–H and O–H groups in total. The van der Waals surface area contributed by atoms with E-state index in [1.54, 1.807) is 19.1 Å². The Hall–Kier alpha value is -2.59. The number of hydrogen-bond acceptors (Lipinski definition) is 4. The number of nitrogens with zero attached hydrogens (tertiary/aromatic N) is 1. The van der Waals surface area contributed by atoms with Crippen molar-refractivity contribution in [2.24, 2.45) is 0 Å². The number of aryl methyl sites for hydroxylation is 1. The third-order valence-corrected chi connectivity index (χ3v) is 2.64. The molecule has 0 heterocycles. The van der Waals surface area contributed by atoms with E-state index >= 15 is 0 Å². The Labute approximate surface area is 115 Å². The fourth-order valence-electron chi connectivity index (χ4n) is 1.53. The summed E-state index contributed by atoms with van der Waals surface area (Å²) in [6.45, 7) is 1.40. The van der Waals surface area contributed by atoms with Crippen LogP contribution in [0.4, 0.5) is 10.5 Å². The SMILES string of the molecule is Cc1ccc(C#N)cc1NC(=O)N[C@H](CCO)C(=O)O. The summed E-state index contributed by atoms with van der Waals surface area (Å²) in [6, 6.07) is 4.87. The van der Waals surface area contributed by atoms with Gasteiger partial charge in [0.15, 0.2) is 0 Å². The molecule has 0 bridgehead atoms. The van der Waals surface area contributed by atoms with E-state index in [9.17, 15) is 9.59 Å². The lowest BCUT2D eigenvalue weighted by molar-refractivity contribution is -0.139. The average molecular weight is 277 g/mol. The summed E-state index contributed by atoms with van der Waals surface area (Å²) in [4.78, 5) is 22.6. The highest BCUT2D eigenvalue weighted by molar-refractivity contribution is 5.93. The molecule has 0 aliphatic carbocycles. The number of nitrogens with one attached hydrogen (secondary N) is 2. The van der Waals surface area contributed by atoms with Crippen LogP contribution in [0.25, 0.3) is 0 Å². The first-order chi connectivity index (χ1) is 9.47. The summed E-state index contributed by atoms with van der Waals surface area (Å²) in [5, 5.41) is 31.1. The van der Waals surface area contributed by atoms with Crippen molar-refractivity contribution in [2.75, 3.05) is 11.9 Å². The number of aliphatic carboxylic acids is 1. The molecule has 2 amide bonds. The number of aliphatic hydroxyl groups excluding tert-OH is 1. The van der Waals surface area contributed by atoms with Crippen LogP contribution in [0.15, 0.2) is 18.2 Å². The first kappa shape index (κ1) is 15.5. The Bertz CT molecular complexity index is 551. The molecule has 0 unspecified atom stereocenters. The minimum absolute atomic E-state index is 0.0834. The number of benzene rings is 1. The summed E-state index contributed by atoms with van der Waals surface area (Å²) in [6.07, 6.45) is -0.0834. The zero-order valence-electron chi connectivity index (χ0n) is 10.9. The maximum absolute atomic E-state index is 11.7. The van der Waals surface area contributed by atoms with Crippen LogP contribution in [0.2, 0.25) is 0 Å². The minimum atomic E-state index is -1.23. The van der Waals surface area contributed by atoms with E-state index in [-0.39, 0.29) is 13.0 Å².